The summed E-state index contributed by atoms with van der Waals surface area (Å²) in [5, 5.41) is 10.9. The molecular formula is C12H14N2O2S. The van der Waals surface area contributed by atoms with Gasteiger partial charge in [-0.3, -0.25) is 4.79 Å². The minimum Gasteiger partial charge on any atom is -0.480 e. The molecule has 0 aliphatic heterocycles. The summed E-state index contributed by atoms with van der Waals surface area (Å²) in [6, 6.07) is 7.93. The SMILES string of the molecule is CC(C)N(CC(=O)O)c1snc2ccccc12. The standard InChI is InChI=1S/C12H14N2O2S/c1-8(2)14(7-11(15)16)12-9-5-3-4-6-10(9)13-17-12/h3-6,8H,7H2,1-2H3,(H,15,16). The lowest BCUT2D eigenvalue weighted by molar-refractivity contribution is -0.135. The van der Waals surface area contributed by atoms with Crippen molar-refractivity contribution in [2.75, 3.05) is 11.4 Å². The molecule has 2 aromatic rings. The zero-order valence-electron chi connectivity index (χ0n) is 9.75. The minimum atomic E-state index is -0.823. The maximum Gasteiger partial charge on any atom is 0.323 e. The van der Waals surface area contributed by atoms with Crippen molar-refractivity contribution in [2.45, 2.75) is 19.9 Å². The monoisotopic (exact) mass is 250 g/mol. The van der Waals surface area contributed by atoms with Gasteiger partial charge in [-0.25, -0.2) is 0 Å². The lowest BCUT2D eigenvalue weighted by Crippen LogP contribution is -2.35. The van der Waals surface area contributed by atoms with E-state index in [1.807, 2.05) is 43.0 Å². The van der Waals surface area contributed by atoms with Gasteiger partial charge in [-0.05, 0) is 37.5 Å². The van der Waals surface area contributed by atoms with Crippen molar-refractivity contribution < 1.29 is 9.90 Å². The van der Waals surface area contributed by atoms with Crippen LogP contribution < -0.4 is 4.90 Å². The van der Waals surface area contributed by atoms with E-state index in [4.69, 9.17) is 5.11 Å². The summed E-state index contributed by atoms with van der Waals surface area (Å²) in [6.07, 6.45) is 0. The average molecular weight is 250 g/mol. The normalized spacial score (nSPS) is 11.0. The molecule has 0 bridgehead atoms. The van der Waals surface area contributed by atoms with Crippen molar-refractivity contribution >= 4 is 33.4 Å². The van der Waals surface area contributed by atoms with Crippen LogP contribution in [0.4, 0.5) is 5.00 Å². The van der Waals surface area contributed by atoms with E-state index in [0.717, 1.165) is 15.9 Å². The number of fused-ring (bicyclic) bond motifs is 1. The Balaban J connectivity index is 2.45. The second-order valence-corrected chi connectivity index (χ2v) is 4.87. The highest BCUT2D eigenvalue weighted by molar-refractivity contribution is 7.11. The van der Waals surface area contributed by atoms with Crippen LogP contribution in [0, 0.1) is 0 Å². The molecule has 1 aromatic heterocycles. The van der Waals surface area contributed by atoms with Crippen LogP contribution in [0.25, 0.3) is 10.9 Å². The van der Waals surface area contributed by atoms with E-state index in [2.05, 4.69) is 4.37 Å². The third-order valence-corrected chi connectivity index (χ3v) is 3.47. The first-order chi connectivity index (χ1) is 8.09. The molecular weight excluding hydrogens is 236 g/mol. The van der Waals surface area contributed by atoms with Crippen LogP contribution in [0.3, 0.4) is 0 Å². The Morgan fingerprint density at radius 1 is 1.47 bits per heavy atom. The summed E-state index contributed by atoms with van der Waals surface area (Å²) in [7, 11) is 0. The van der Waals surface area contributed by atoms with Crippen LogP contribution in [0.1, 0.15) is 13.8 Å². The summed E-state index contributed by atoms with van der Waals surface area (Å²) in [4.78, 5) is 12.8. The molecule has 0 amide bonds. The first-order valence-electron chi connectivity index (χ1n) is 5.42. The van der Waals surface area contributed by atoms with Crippen LogP contribution >= 0.6 is 11.5 Å². The first kappa shape index (κ1) is 11.9. The number of aliphatic carboxylic acids is 1. The third kappa shape index (κ3) is 2.39. The third-order valence-electron chi connectivity index (χ3n) is 2.55. The maximum absolute atomic E-state index is 10.9. The Morgan fingerprint density at radius 2 is 2.18 bits per heavy atom. The number of hydrogen-bond acceptors (Lipinski definition) is 4. The van der Waals surface area contributed by atoms with E-state index in [-0.39, 0.29) is 12.6 Å². The molecule has 0 aliphatic carbocycles. The Bertz CT molecular complexity index is 536. The summed E-state index contributed by atoms with van der Waals surface area (Å²) < 4.78 is 4.34. The molecule has 0 spiro atoms. The highest BCUT2D eigenvalue weighted by Crippen LogP contribution is 2.32. The van der Waals surface area contributed by atoms with E-state index in [1.165, 1.54) is 11.5 Å². The highest BCUT2D eigenvalue weighted by atomic mass is 32.1. The molecule has 0 radical (unpaired) electrons. The van der Waals surface area contributed by atoms with E-state index < -0.39 is 5.97 Å². The fourth-order valence-corrected chi connectivity index (χ4v) is 2.71. The van der Waals surface area contributed by atoms with Gasteiger partial charge in [0.05, 0.1) is 5.52 Å². The van der Waals surface area contributed by atoms with E-state index in [0.29, 0.717) is 0 Å². The molecule has 1 aromatic carbocycles. The largest absolute Gasteiger partial charge is 0.480 e. The van der Waals surface area contributed by atoms with Crippen LogP contribution in [0.2, 0.25) is 0 Å². The zero-order chi connectivity index (χ0) is 12.4. The maximum atomic E-state index is 10.9. The van der Waals surface area contributed by atoms with Crippen LogP contribution in [0.5, 0.6) is 0 Å². The summed E-state index contributed by atoms with van der Waals surface area (Å²) in [5.41, 5.74) is 0.920. The molecule has 0 unspecified atom stereocenters. The molecule has 0 fully saturated rings. The van der Waals surface area contributed by atoms with E-state index in [1.54, 1.807) is 0 Å². The number of nitrogens with zero attached hydrogens (tertiary/aromatic N) is 2. The summed E-state index contributed by atoms with van der Waals surface area (Å²) in [5.74, 6) is -0.823. The van der Waals surface area contributed by atoms with Gasteiger partial charge in [0.15, 0.2) is 0 Å². The van der Waals surface area contributed by atoms with Gasteiger partial charge in [-0.1, -0.05) is 12.1 Å². The van der Waals surface area contributed by atoms with Crippen molar-refractivity contribution in [1.29, 1.82) is 0 Å². The van der Waals surface area contributed by atoms with Crippen molar-refractivity contribution in [2.24, 2.45) is 0 Å². The molecule has 0 saturated carbocycles. The van der Waals surface area contributed by atoms with Crippen LogP contribution in [-0.2, 0) is 4.79 Å². The molecule has 0 saturated heterocycles. The van der Waals surface area contributed by atoms with Crippen molar-refractivity contribution in [1.82, 2.24) is 4.37 Å². The number of rotatable bonds is 4. The van der Waals surface area contributed by atoms with E-state index in [9.17, 15) is 4.79 Å². The van der Waals surface area contributed by atoms with Gasteiger partial charge in [-0.15, -0.1) is 0 Å². The molecule has 5 heteroatoms. The molecule has 1 heterocycles. The zero-order valence-corrected chi connectivity index (χ0v) is 10.6. The molecule has 2 rings (SSSR count). The smallest absolute Gasteiger partial charge is 0.323 e. The molecule has 90 valence electrons. The second kappa shape index (κ2) is 4.71. The average Bonchev–Trinajstić information content (AvgIpc) is 2.69. The molecule has 0 atom stereocenters. The number of carboxylic acid groups (broad SMARTS) is 1. The molecule has 4 nitrogen and oxygen atoms in total. The van der Waals surface area contributed by atoms with Crippen LogP contribution in [0.15, 0.2) is 24.3 Å². The molecule has 17 heavy (non-hydrogen) atoms. The van der Waals surface area contributed by atoms with Crippen molar-refractivity contribution in [3.8, 4) is 0 Å². The van der Waals surface area contributed by atoms with Crippen molar-refractivity contribution in [3.63, 3.8) is 0 Å². The van der Waals surface area contributed by atoms with Crippen molar-refractivity contribution in [3.05, 3.63) is 24.3 Å². The van der Waals surface area contributed by atoms with E-state index >= 15 is 0 Å². The predicted molar refractivity (Wildman–Crippen MR) is 69.7 cm³/mol. The second-order valence-electron chi connectivity index (χ2n) is 4.12. The quantitative estimate of drug-likeness (QED) is 0.906. The topological polar surface area (TPSA) is 53.4 Å². The summed E-state index contributed by atoms with van der Waals surface area (Å²) in [6.45, 7) is 3.97. The fourth-order valence-electron chi connectivity index (χ4n) is 1.72. The molecule has 1 N–H and O–H groups in total. The van der Waals surface area contributed by atoms with Gasteiger partial charge in [0.25, 0.3) is 0 Å². The Labute approximate surface area is 104 Å². The van der Waals surface area contributed by atoms with Gasteiger partial charge >= 0.3 is 5.97 Å². The Morgan fingerprint density at radius 3 is 2.82 bits per heavy atom. The van der Waals surface area contributed by atoms with Gasteiger partial charge in [-0.2, -0.15) is 4.37 Å². The first-order valence-corrected chi connectivity index (χ1v) is 6.20. The predicted octanol–water partition coefficient (Wildman–Crippen LogP) is 2.60. The lowest BCUT2D eigenvalue weighted by Gasteiger charge is -2.25. The number of carbonyl (C=O) groups is 1. The Kier molecular flexibility index (Phi) is 3.28. The van der Waals surface area contributed by atoms with Crippen LogP contribution in [-0.4, -0.2) is 28.0 Å². The number of aromatic nitrogens is 1. The van der Waals surface area contributed by atoms with Gasteiger partial charge in [0.2, 0.25) is 0 Å². The van der Waals surface area contributed by atoms with Gasteiger partial charge in [0.1, 0.15) is 11.5 Å². The van der Waals surface area contributed by atoms with Gasteiger partial charge in [0, 0.05) is 11.4 Å². The molecule has 0 aliphatic rings. The summed E-state index contributed by atoms with van der Waals surface area (Å²) >= 11 is 1.35. The number of hydrogen-bond donors (Lipinski definition) is 1. The number of anilines is 1. The Hall–Kier alpha value is -1.62. The fraction of sp³-hybridized carbons (Fsp3) is 0.333. The lowest BCUT2D eigenvalue weighted by atomic mass is 10.2. The number of benzene rings is 1. The minimum absolute atomic E-state index is 0.00382. The highest BCUT2D eigenvalue weighted by Gasteiger charge is 2.18. The number of carboxylic acids is 1. The van der Waals surface area contributed by atoms with Gasteiger partial charge < -0.3 is 10.0 Å².